The molecular formula is C19H29F6N5O6S. The van der Waals surface area contributed by atoms with Crippen LogP contribution in [0.3, 0.4) is 0 Å². The Hall–Kier alpha value is -2.44. The van der Waals surface area contributed by atoms with Crippen molar-refractivity contribution in [3.8, 4) is 0 Å². The van der Waals surface area contributed by atoms with Gasteiger partial charge in [-0.25, -0.2) is 23.0 Å². The number of sulfonamides is 1. The minimum absolute atomic E-state index is 0.162. The fraction of sp³-hybridized carbons (Fsp3) is 0.737. The number of imidazole rings is 1. The van der Waals surface area contributed by atoms with Crippen LogP contribution in [0.25, 0.3) is 0 Å². The maximum Gasteiger partial charge on any atom is 0.490 e. The summed E-state index contributed by atoms with van der Waals surface area (Å²) in [5.41, 5.74) is 0. The molecule has 2 N–H and O–H groups in total. The molecule has 37 heavy (non-hydrogen) atoms. The molecule has 3 atom stereocenters. The second kappa shape index (κ2) is 12.4. The SMILES string of the molecule is CN(C)C[C@@H]1C[C@@H]2CN(S(=O)(=O)c3cn(C)cn3)CC[C@@H]2N1C.O=C(O)C(F)(F)F.O=C(O)C(F)(F)F. The van der Waals surface area contributed by atoms with Crippen LogP contribution in [-0.2, 0) is 26.7 Å². The third kappa shape index (κ3) is 9.42. The third-order valence-corrected chi connectivity index (χ3v) is 7.43. The molecule has 3 rings (SSSR count). The smallest absolute Gasteiger partial charge is 0.475 e. The lowest BCUT2D eigenvalue weighted by molar-refractivity contribution is -0.193. The first-order valence-electron chi connectivity index (χ1n) is 10.6. The van der Waals surface area contributed by atoms with E-state index in [0.29, 0.717) is 31.1 Å². The van der Waals surface area contributed by atoms with Gasteiger partial charge in [0, 0.05) is 45.0 Å². The molecule has 2 aliphatic heterocycles. The zero-order valence-electron chi connectivity index (χ0n) is 20.4. The average molecular weight is 570 g/mol. The van der Waals surface area contributed by atoms with Gasteiger partial charge in [-0.2, -0.15) is 30.6 Å². The molecule has 3 heterocycles. The van der Waals surface area contributed by atoms with Gasteiger partial charge >= 0.3 is 24.3 Å². The molecule has 2 fully saturated rings. The summed E-state index contributed by atoms with van der Waals surface area (Å²) in [5.74, 6) is -5.10. The van der Waals surface area contributed by atoms with Gasteiger partial charge in [-0.15, -0.1) is 0 Å². The molecule has 2 aliphatic rings. The molecule has 0 aromatic carbocycles. The van der Waals surface area contributed by atoms with Crippen LogP contribution in [0.2, 0.25) is 0 Å². The molecule has 18 heteroatoms. The molecule has 2 saturated heterocycles. The number of likely N-dealkylation sites (tertiary alicyclic amines) is 1. The fourth-order valence-corrected chi connectivity index (χ4v) is 5.52. The Labute approximate surface area is 209 Å². The molecule has 0 amide bonds. The summed E-state index contributed by atoms with van der Waals surface area (Å²) in [6, 6.07) is 1.01. The number of piperidine rings is 1. The van der Waals surface area contributed by atoms with E-state index in [1.165, 1.54) is 6.33 Å². The largest absolute Gasteiger partial charge is 0.490 e. The van der Waals surface area contributed by atoms with Crippen molar-refractivity contribution in [1.82, 2.24) is 23.7 Å². The number of aromatic nitrogens is 2. The number of fused-ring (bicyclic) bond motifs is 1. The summed E-state index contributed by atoms with van der Waals surface area (Å²) in [7, 11) is 4.69. The number of carboxylic acid groups (broad SMARTS) is 2. The number of likely N-dealkylation sites (N-methyl/N-ethyl adjacent to an activating group) is 2. The van der Waals surface area contributed by atoms with Crippen LogP contribution >= 0.6 is 0 Å². The number of alkyl halides is 6. The average Bonchev–Trinajstić information content (AvgIpc) is 3.31. The first-order chi connectivity index (χ1) is 16.7. The van der Waals surface area contributed by atoms with Crippen molar-refractivity contribution < 1.29 is 54.6 Å². The summed E-state index contributed by atoms with van der Waals surface area (Å²) >= 11 is 0. The second-order valence-electron chi connectivity index (χ2n) is 8.78. The van der Waals surface area contributed by atoms with Gasteiger partial charge in [-0.05, 0) is 39.9 Å². The van der Waals surface area contributed by atoms with Crippen LogP contribution in [0.5, 0.6) is 0 Å². The summed E-state index contributed by atoms with van der Waals surface area (Å²) < 4.78 is 92.3. The Morgan fingerprint density at radius 2 is 1.57 bits per heavy atom. The Bertz CT molecular complexity index is 1010. The molecule has 1 aromatic rings. The second-order valence-corrected chi connectivity index (χ2v) is 10.7. The molecule has 1 aromatic heterocycles. The van der Waals surface area contributed by atoms with Gasteiger partial charge in [0.25, 0.3) is 10.0 Å². The van der Waals surface area contributed by atoms with Crippen molar-refractivity contribution in [2.24, 2.45) is 13.0 Å². The van der Waals surface area contributed by atoms with E-state index in [9.17, 15) is 34.8 Å². The van der Waals surface area contributed by atoms with E-state index in [1.54, 1.807) is 22.1 Å². The molecular weight excluding hydrogens is 540 g/mol. The van der Waals surface area contributed by atoms with Gasteiger partial charge < -0.3 is 19.7 Å². The van der Waals surface area contributed by atoms with Crippen molar-refractivity contribution >= 4 is 22.0 Å². The zero-order chi connectivity index (χ0) is 28.9. The predicted molar refractivity (Wildman–Crippen MR) is 116 cm³/mol. The summed E-state index contributed by atoms with van der Waals surface area (Å²) in [5, 5.41) is 14.4. The minimum Gasteiger partial charge on any atom is -0.475 e. The third-order valence-electron chi connectivity index (χ3n) is 5.68. The predicted octanol–water partition coefficient (Wildman–Crippen LogP) is 1.33. The van der Waals surface area contributed by atoms with Crippen molar-refractivity contribution in [3.05, 3.63) is 12.5 Å². The van der Waals surface area contributed by atoms with Crippen LogP contribution in [0.4, 0.5) is 26.3 Å². The lowest BCUT2D eigenvalue weighted by atomic mass is 9.93. The summed E-state index contributed by atoms with van der Waals surface area (Å²) in [6.45, 7) is 2.22. The van der Waals surface area contributed by atoms with E-state index >= 15 is 0 Å². The van der Waals surface area contributed by atoms with Crippen LogP contribution in [0.15, 0.2) is 17.6 Å². The van der Waals surface area contributed by atoms with E-state index < -0.39 is 34.3 Å². The maximum absolute atomic E-state index is 12.8. The monoisotopic (exact) mass is 569 g/mol. The first-order valence-corrected chi connectivity index (χ1v) is 12.1. The quantitative estimate of drug-likeness (QED) is 0.515. The highest BCUT2D eigenvalue weighted by atomic mass is 32.2. The van der Waals surface area contributed by atoms with Crippen LogP contribution in [0, 0.1) is 5.92 Å². The highest BCUT2D eigenvalue weighted by Crippen LogP contribution is 2.36. The lowest BCUT2D eigenvalue weighted by Crippen LogP contribution is -2.48. The van der Waals surface area contributed by atoms with E-state index in [-0.39, 0.29) is 5.03 Å². The Kier molecular flexibility index (Phi) is 10.9. The summed E-state index contributed by atoms with van der Waals surface area (Å²) in [6.07, 6.45) is -5.09. The number of hydrogen-bond acceptors (Lipinski definition) is 7. The first kappa shape index (κ1) is 32.6. The number of carboxylic acids is 2. The molecule has 214 valence electrons. The van der Waals surface area contributed by atoms with E-state index in [1.807, 2.05) is 0 Å². The topological polar surface area (TPSA) is 136 Å². The normalized spacial score (nSPS) is 22.9. The number of nitrogens with zero attached hydrogens (tertiary/aromatic N) is 5. The minimum atomic E-state index is -5.08. The molecule has 0 saturated carbocycles. The number of hydrogen-bond donors (Lipinski definition) is 2. The number of halogens is 6. The van der Waals surface area contributed by atoms with Crippen LogP contribution in [-0.4, -0.2) is 119 Å². The Balaban J connectivity index is 0.000000404. The number of aliphatic carboxylic acids is 2. The standard InChI is InChI=1S/C15H27N5O2S.2C2HF3O2/c1-17(2)9-13-7-12-8-20(6-5-14(12)19(13)4)23(21,22)15-10-18(3)11-16-15;2*3-2(4,5)1(6)7/h10-14H,5-9H2,1-4H3;2*(H,6,7)/t12-,13+,14+;;/m1../s1. The van der Waals surface area contributed by atoms with Crippen molar-refractivity contribution in [2.75, 3.05) is 40.8 Å². The number of carbonyl (C=O) groups is 2. The van der Waals surface area contributed by atoms with Crippen LogP contribution in [0.1, 0.15) is 12.8 Å². The molecule has 11 nitrogen and oxygen atoms in total. The Morgan fingerprint density at radius 3 is 1.95 bits per heavy atom. The van der Waals surface area contributed by atoms with E-state index in [4.69, 9.17) is 19.8 Å². The molecule has 0 bridgehead atoms. The summed E-state index contributed by atoms with van der Waals surface area (Å²) in [4.78, 5) is 26.5. The zero-order valence-corrected chi connectivity index (χ0v) is 21.2. The van der Waals surface area contributed by atoms with Crippen molar-refractivity contribution in [1.29, 1.82) is 0 Å². The fourth-order valence-electron chi connectivity index (χ4n) is 4.04. The van der Waals surface area contributed by atoms with E-state index in [2.05, 4.69) is 35.9 Å². The van der Waals surface area contributed by atoms with Crippen LogP contribution < -0.4 is 0 Å². The van der Waals surface area contributed by atoms with Crippen molar-refractivity contribution in [3.63, 3.8) is 0 Å². The molecule has 0 radical (unpaired) electrons. The highest BCUT2D eigenvalue weighted by molar-refractivity contribution is 7.89. The molecule has 0 aliphatic carbocycles. The number of aryl methyl sites for hydroxylation is 1. The van der Waals surface area contributed by atoms with Gasteiger partial charge in [-0.1, -0.05) is 0 Å². The Morgan fingerprint density at radius 1 is 1.08 bits per heavy atom. The molecule has 0 unspecified atom stereocenters. The maximum atomic E-state index is 12.8. The van der Waals surface area contributed by atoms with Gasteiger partial charge in [0.15, 0.2) is 5.03 Å². The van der Waals surface area contributed by atoms with Gasteiger partial charge in [-0.3, -0.25) is 4.90 Å². The van der Waals surface area contributed by atoms with Gasteiger partial charge in [0.05, 0.1) is 6.33 Å². The van der Waals surface area contributed by atoms with Gasteiger partial charge in [0.2, 0.25) is 0 Å². The van der Waals surface area contributed by atoms with Gasteiger partial charge in [0.1, 0.15) is 0 Å². The highest BCUT2D eigenvalue weighted by Gasteiger charge is 2.45. The van der Waals surface area contributed by atoms with E-state index in [0.717, 1.165) is 19.4 Å². The van der Waals surface area contributed by atoms with Crippen molar-refractivity contribution in [2.45, 2.75) is 42.3 Å². The number of rotatable bonds is 4. The molecule has 0 spiro atoms. The lowest BCUT2D eigenvalue weighted by Gasteiger charge is -2.36.